The van der Waals surface area contributed by atoms with Crippen LogP contribution in [-0.2, 0) is 6.18 Å². The van der Waals surface area contributed by atoms with Crippen molar-refractivity contribution in [3.05, 3.63) is 66.2 Å². The topological polar surface area (TPSA) is 108 Å². The first-order chi connectivity index (χ1) is 18.2. The van der Waals surface area contributed by atoms with E-state index in [1.807, 2.05) is 24.3 Å². The second-order valence-electron chi connectivity index (χ2n) is 8.58. The van der Waals surface area contributed by atoms with Crippen LogP contribution < -0.4 is 21.1 Å². The number of nitrogen functional groups attached to an aromatic ring is 1. The second-order valence-corrected chi connectivity index (χ2v) is 8.58. The van der Waals surface area contributed by atoms with Gasteiger partial charge in [-0.1, -0.05) is 32.0 Å². The highest BCUT2D eigenvalue weighted by Crippen LogP contribution is 2.37. The number of H-pyrrole nitrogens is 1. The number of halogens is 3. The fraction of sp³-hybridized carbons (Fsp3) is 0.259. The van der Waals surface area contributed by atoms with E-state index in [0.717, 1.165) is 48.3 Å². The number of alkyl halides is 3. The van der Waals surface area contributed by atoms with Crippen LogP contribution in [0.2, 0.25) is 0 Å². The summed E-state index contributed by atoms with van der Waals surface area (Å²) in [5, 5.41) is 12.9. The molecule has 0 radical (unpaired) electrons. The van der Waals surface area contributed by atoms with Crippen LogP contribution in [0.3, 0.4) is 0 Å². The Morgan fingerprint density at radius 3 is 2.42 bits per heavy atom. The molecule has 0 aliphatic carbocycles. The van der Waals surface area contributed by atoms with Crippen molar-refractivity contribution in [2.75, 3.05) is 42.6 Å². The normalized spacial score (nSPS) is 11.6. The average Bonchev–Trinajstić information content (AvgIpc) is 3.29. The first kappa shape index (κ1) is 26.8. The van der Waals surface area contributed by atoms with Crippen molar-refractivity contribution >= 4 is 34.1 Å². The monoisotopic (exact) mass is 526 g/mol. The number of rotatable bonds is 9. The van der Waals surface area contributed by atoms with E-state index in [1.165, 1.54) is 12.1 Å². The zero-order valence-electron chi connectivity index (χ0n) is 21.0. The van der Waals surface area contributed by atoms with Gasteiger partial charge in [0.1, 0.15) is 17.9 Å². The molecule has 0 unspecified atom stereocenters. The second kappa shape index (κ2) is 11.4. The summed E-state index contributed by atoms with van der Waals surface area (Å²) in [5.41, 5.74) is 8.19. The van der Waals surface area contributed by atoms with E-state index >= 15 is 0 Å². The molecule has 0 bridgehead atoms. The van der Waals surface area contributed by atoms with Gasteiger partial charge in [-0.2, -0.15) is 18.3 Å². The average molecular weight is 527 g/mol. The molecule has 0 saturated heterocycles. The summed E-state index contributed by atoms with van der Waals surface area (Å²) in [6.07, 6.45) is -4.50. The Morgan fingerprint density at radius 1 is 1.03 bits per heavy atom. The van der Waals surface area contributed by atoms with Crippen LogP contribution in [0, 0.1) is 0 Å². The quantitative estimate of drug-likeness (QED) is 0.208. The molecular weight excluding hydrogens is 497 g/mol. The van der Waals surface area contributed by atoms with Gasteiger partial charge in [0, 0.05) is 17.9 Å². The number of urea groups is 1. The van der Waals surface area contributed by atoms with Gasteiger partial charge >= 0.3 is 12.2 Å². The number of ether oxygens (including phenoxy) is 1. The summed E-state index contributed by atoms with van der Waals surface area (Å²) in [5.74, 6) is 0.997. The highest BCUT2D eigenvalue weighted by molar-refractivity contribution is 6.04. The van der Waals surface area contributed by atoms with Crippen molar-refractivity contribution in [3.8, 4) is 16.9 Å². The molecule has 0 aliphatic heterocycles. The molecule has 0 saturated carbocycles. The lowest BCUT2D eigenvalue weighted by atomic mass is 10.0. The van der Waals surface area contributed by atoms with Crippen LogP contribution in [0.25, 0.3) is 22.0 Å². The number of fused-ring (bicyclic) bond motifs is 1. The molecule has 4 aromatic rings. The number of carbonyl (C=O) groups is 1. The number of hydrogen-bond donors (Lipinski definition) is 4. The zero-order chi connectivity index (χ0) is 27.3. The zero-order valence-corrected chi connectivity index (χ0v) is 21.0. The molecule has 0 fully saturated rings. The molecule has 0 spiro atoms. The van der Waals surface area contributed by atoms with E-state index in [4.69, 9.17) is 10.5 Å². The number of carbonyl (C=O) groups excluding carboxylic acids is 1. The first-order valence-electron chi connectivity index (χ1n) is 12.2. The minimum Gasteiger partial charge on any atom is -0.490 e. The number of hydrogen-bond acceptors (Lipinski definition) is 5. The molecule has 0 aliphatic rings. The fourth-order valence-corrected chi connectivity index (χ4v) is 4.12. The lowest BCUT2D eigenvalue weighted by Crippen LogP contribution is -2.27. The van der Waals surface area contributed by atoms with Crippen molar-refractivity contribution in [1.29, 1.82) is 0 Å². The largest absolute Gasteiger partial charge is 0.490 e. The van der Waals surface area contributed by atoms with Gasteiger partial charge in [0.15, 0.2) is 5.82 Å². The highest BCUT2D eigenvalue weighted by Gasteiger charge is 2.30. The maximum Gasteiger partial charge on any atom is 0.416 e. The summed E-state index contributed by atoms with van der Waals surface area (Å²) in [6.45, 7) is 7.44. The minimum absolute atomic E-state index is 0.0335. The molecule has 5 N–H and O–H groups in total. The smallest absolute Gasteiger partial charge is 0.416 e. The summed E-state index contributed by atoms with van der Waals surface area (Å²) >= 11 is 0. The standard InChI is InChI=1S/C27H29F3N6O2/c1-3-36(4-2)14-15-38-22-13-12-21(23-24(22)34-35-25(23)31)17-8-10-19(11-9-17)32-26(37)33-20-7-5-6-18(16-20)27(28,29)30/h5-13,16H,3-4,14-15H2,1-2H3,(H3,31,34,35)(H2,32,33,37). The molecule has 8 nitrogen and oxygen atoms in total. The molecule has 2 amide bonds. The number of aromatic amines is 1. The van der Waals surface area contributed by atoms with E-state index in [-0.39, 0.29) is 5.69 Å². The fourth-order valence-electron chi connectivity index (χ4n) is 4.12. The third-order valence-corrected chi connectivity index (χ3v) is 6.17. The number of nitrogens with two attached hydrogens (primary N) is 1. The van der Waals surface area contributed by atoms with E-state index in [1.54, 1.807) is 12.1 Å². The van der Waals surface area contributed by atoms with Crippen LogP contribution >= 0.6 is 0 Å². The van der Waals surface area contributed by atoms with E-state index < -0.39 is 17.8 Å². The molecule has 11 heteroatoms. The molecule has 4 rings (SSSR count). The van der Waals surface area contributed by atoms with Gasteiger partial charge in [-0.15, -0.1) is 0 Å². The number of nitrogens with zero attached hydrogens (tertiary/aromatic N) is 2. The predicted molar refractivity (Wildman–Crippen MR) is 143 cm³/mol. The summed E-state index contributed by atoms with van der Waals surface area (Å²) in [6, 6.07) is 14.5. The number of nitrogens with one attached hydrogen (secondary N) is 3. The van der Waals surface area contributed by atoms with Crippen molar-refractivity contribution in [2.45, 2.75) is 20.0 Å². The van der Waals surface area contributed by atoms with Crippen molar-refractivity contribution in [3.63, 3.8) is 0 Å². The highest BCUT2D eigenvalue weighted by atomic mass is 19.4. The molecule has 200 valence electrons. The third kappa shape index (κ3) is 6.17. The van der Waals surface area contributed by atoms with Crippen molar-refractivity contribution in [1.82, 2.24) is 15.1 Å². The maximum atomic E-state index is 12.9. The van der Waals surface area contributed by atoms with Gasteiger partial charge in [-0.25, -0.2) is 4.79 Å². The number of anilines is 3. The van der Waals surface area contributed by atoms with Crippen LogP contribution in [-0.4, -0.2) is 47.4 Å². The Kier molecular flexibility index (Phi) is 8.06. The Labute approximate surface area is 218 Å². The third-order valence-electron chi connectivity index (χ3n) is 6.17. The van der Waals surface area contributed by atoms with E-state index in [2.05, 4.69) is 39.6 Å². The molecular formula is C27H29F3N6O2. The van der Waals surface area contributed by atoms with Gasteiger partial charge in [0.25, 0.3) is 0 Å². The Hall–Kier alpha value is -4.25. The van der Waals surface area contributed by atoms with Gasteiger partial charge < -0.3 is 26.0 Å². The van der Waals surface area contributed by atoms with Crippen molar-refractivity contribution < 1.29 is 22.7 Å². The van der Waals surface area contributed by atoms with Crippen LogP contribution in [0.5, 0.6) is 5.75 Å². The van der Waals surface area contributed by atoms with Gasteiger partial charge in [0.2, 0.25) is 0 Å². The Morgan fingerprint density at radius 2 is 1.74 bits per heavy atom. The summed E-state index contributed by atoms with van der Waals surface area (Å²) < 4.78 is 44.8. The predicted octanol–water partition coefficient (Wildman–Crippen LogP) is 6.20. The van der Waals surface area contributed by atoms with Crippen LogP contribution in [0.1, 0.15) is 19.4 Å². The van der Waals surface area contributed by atoms with Crippen LogP contribution in [0.15, 0.2) is 60.7 Å². The molecule has 3 aromatic carbocycles. The summed E-state index contributed by atoms with van der Waals surface area (Å²) in [7, 11) is 0. The SMILES string of the molecule is CCN(CC)CCOc1ccc(-c2ccc(NC(=O)Nc3cccc(C(F)(F)F)c3)cc2)c2c(N)n[nH]c12. The number of amides is 2. The molecule has 0 atom stereocenters. The number of benzene rings is 3. The number of likely N-dealkylation sites (N-methyl/N-ethyl adjacent to an activating group) is 1. The maximum absolute atomic E-state index is 12.9. The summed E-state index contributed by atoms with van der Waals surface area (Å²) in [4.78, 5) is 14.6. The molecule has 38 heavy (non-hydrogen) atoms. The first-order valence-corrected chi connectivity index (χ1v) is 12.2. The van der Waals surface area contributed by atoms with Gasteiger partial charge in [-0.05, 0) is 66.7 Å². The number of aromatic nitrogens is 2. The van der Waals surface area contributed by atoms with Crippen LogP contribution in [0.4, 0.5) is 35.2 Å². The molecule has 1 heterocycles. The Bertz CT molecular complexity index is 1400. The lowest BCUT2D eigenvalue weighted by Gasteiger charge is -2.18. The molecule has 1 aromatic heterocycles. The van der Waals surface area contributed by atoms with Gasteiger partial charge in [-0.3, -0.25) is 5.10 Å². The lowest BCUT2D eigenvalue weighted by molar-refractivity contribution is -0.137. The van der Waals surface area contributed by atoms with E-state index in [0.29, 0.717) is 29.4 Å². The Balaban J connectivity index is 1.46. The van der Waals surface area contributed by atoms with E-state index in [9.17, 15) is 18.0 Å². The minimum atomic E-state index is -4.50. The van der Waals surface area contributed by atoms with Gasteiger partial charge in [0.05, 0.1) is 10.9 Å². The van der Waals surface area contributed by atoms with Crippen molar-refractivity contribution in [2.24, 2.45) is 0 Å².